The number of esters is 1. The van der Waals surface area contributed by atoms with Crippen molar-refractivity contribution < 1.29 is 71.0 Å². The van der Waals surface area contributed by atoms with Gasteiger partial charge >= 0.3 is 19.8 Å². The third-order valence-electron chi connectivity index (χ3n) is 11.9. The molecule has 6 rings (SSSR count). The first kappa shape index (κ1) is 48.4. The maximum absolute atomic E-state index is 15.0. The number of halogens is 2. The zero-order valence-electron chi connectivity index (χ0n) is 35.9. The van der Waals surface area contributed by atoms with Gasteiger partial charge in [0.05, 0.1) is 25.4 Å². The van der Waals surface area contributed by atoms with E-state index in [-0.39, 0.29) is 44.2 Å². The third-order valence-corrected chi connectivity index (χ3v) is 12.4. The highest BCUT2D eigenvalue weighted by atomic mass is 31.2. The number of ether oxygens (including phenoxy) is 2. The van der Waals surface area contributed by atoms with Gasteiger partial charge in [-0.15, -0.1) is 0 Å². The first-order chi connectivity index (χ1) is 30.1. The number of benzene rings is 2. The fourth-order valence-electron chi connectivity index (χ4n) is 8.55. The lowest BCUT2D eigenvalue weighted by molar-refractivity contribution is -0.164. The van der Waals surface area contributed by atoms with Crippen LogP contribution in [0.4, 0.5) is 19.3 Å². The van der Waals surface area contributed by atoms with Crippen LogP contribution in [0.15, 0.2) is 36.4 Å². The highest BCUT2D eigenvalue weighted by Gasteiger charge is 2.50. The smallest absolute Gasteiger partial charge is 0.459 e. The SMILES string of the molecule is Cc1ccc(NC(=O)N[C@@H](Cc2cc(F)cc(F)c2)C(O)N[C@@H]2C(=O)N3C[C@H](OP(=O)(O)O)C[C@H]3C(=O)N3CCOC[C@H]3C(=O)N[C@@H](C)C(=O)N3C[C@H](C)C[C@H]3C(=O)O[C@H]2C)cc1C. The molecule has 0 bridgehead atoms. The van der Waals surface area contributed by atoms with Crippen LogP contribution in [0.25, 0.3) is 0 Å². The molecule has 0 aromatic heterocycles. The molecule has 2 aromatic rings. The van der Waals surface area contributed by atoms with Crippen molar-refractivity contribution in [1.82, 2.24) is 30.7 Å². The van der Waals surface area contributed by atoms with E-state index in [9.17, 15) is 57.0 Å². The number of cyclic esters (lactones) is 1. The van der Waals surface area contributed by atoms with E-state index in [0.29, 0.717) is 11.8 Å². The van der Waals surface area contributed by atoms with Crippen molar-refractivity contribution in [2.45, 2.75) is 109 Å². The Hall–Kier alpha value is -5.09. The van der Waals surface area contributed by atoms with Gasteiger partial charge in [-0.1, -0.05) is 13.0 Å². The number of phosphoric ester groups is 1. The first-order valence-electron chi connectivity index (χ1n) is 20.9. The van der Waals surface area contributed by atoms with Gasteiger partial charge in [0, 0.05) is 37.8 Å². The van der Waals surface area contributed by atoms with Crippen molar-refractivity contribution in [1.29, 1.82) is 0 Å². The largest absolute Gasteiger partial charge is 0.469 e. The van der Waals surface area contributed by atoms with Crippen molar-refractivity contribution in [2.24, 2.45) is 5.92 Å². The van der Waals surface area contributed by atoms with Gasteiger partial charge in [0.25, 0.3) is 0 Å². The molecule has 10 atom stereocenters. The highest BCUT2D eigenvalue weighted by molar-refractivity contribution is 7.46. The van der Waals surface area contributed by atoms with Crippen molar-refractivity contribution >= 4 is 49.1 Å². The lowest BCUT2D eigenvalue weighted by Gasteiger charge is -2.40. The van der Waals surface area contributed by atoms with Gasteiger partial charge in [-0.2, -0.15) is 0 Å². The number of aliphatic hydroxyl groups is 1. The van der Waals surface area contributed by atoms with Gasteiger partial charge in [-0.3, -0.25) is 29.0 Å². The molecule has 4 heterocycles. The summed E-state index contributed by atoms with van der Waals surface area (Å²) in [5, 5.41) is 22.5. The van der Waals surface area contributed by atoms with E-state index < -0.39 is 129 Å². The quantitative estimate of drug-likeness (QED) is 0.103. The predicted octanol–water partition coefficient (Wildman–Crippen LogP) is 0.584. The number of anilines is 1. The van der Waals surface area contributed by atoms with Crippen molar-refractivity contribution in [2.75, 3.05) is 38.2 Å². The molecule has 0 saturated carbocycles. The Labute approximate surface area is 367 Å². The molecule has 350 valence electrons. The van der Waals surface area contributed by atoms with E-state index in [0.717, 1.165) is 33.1 Å². The summed E-state index contributed by atoms with van der Waals surface area (Å²) in [5.74, 6) is -6.36. The van der Waals surface area contributed by atoms with Gasteiger partial charge in [-0.25, -0.2) is 22.9 Å². The number of carbonyl (C=O) groups is 6. The number of fused-ring (bicyclic) bond motifs is 3. The van der Waals surface area contributed by atoms with Crippen molar-refractivity contribution in [3.05, 3.63) is 64.7 Å². The van der Waals surface area contributed by atoms with Gasteiger partial charge in [-0.05, 0) is 87.4 Å². The van der Waals surface area contributed by atoms with Crippen LogP contribution in [-0.4, -0.2) is 153 Å². The van der Waals surface area contributed by atoms with Gasteiger partial charge in [0.2, 0.25) is 23.6 Å². The summed E-state index contributed by atoms with van der Waals surface area (Å²) < 4.78 is 57.3. The Balaban J connectivity index is 1.39. The molecule has 23 heteroatoms. The number of nitrogens with one attached hydrogen (secondary N) is 4. The second kappa shape index (κ2) is 20.0. The molecular formula is C41H54F2N7O13P. The second-order valence-corrected chi connectivity index (χ2v) is 18.1. The summed E-state index contributed by atoms with van der Waals surface area (Å²) in [7, 11) is -5.21. The fourth-order valence-corrected chi connectivity index (χ4v) is 9.09. The summed E-state index contributed by atoms with van der Waals surface area (Å²) in [4.78, 5) is 107. The number of rotatable bonds is 9. The van der Waals surface area contributed by atoms with Crippen LogP contribution < -0.4 is 21.3 Å². The summed E-state index contributed by atoms with van der Waals surface area (Å²) >= 11 is 0. The van der Waals surface area contributed by atoms with E-state index in [4.69, 9.17) is 14.0 Å². The average Bonchev–Trinajstić information content (AvgIpc) is 3.82. The topological polar surface area (TPSA) is 266 Å². The Kier molecular flexibility index (Phi) is 15.1. The van der Waals surface area contributed by atoms with Crippen LogP contribution in [0.1, 0.15) is 50.3 Å². The molecule has 64 heavy (non-hydrogen) atoms. The molecule has 1 unspecified atom stereocenters. The van der Waals surface area contributed by atoms with Crippen LogP contribution in [0, 0.1) is 31.4 Å². The first-order valence-corrected chi connectivity index (χ1v) is 22.4. The minimum atomic E-state index is -5.21. The average molecular weight is 922 g/mol. The molecule has 4 fully saturated rings. The van der Waals surface area contributed by atoms with Crippen LogP contribution in [-0.2, 0) is 49.0 Å². The molecule has 4 saturated heterocycles. The Morgan fingerprint density at radius 2 is 1.59 bits per heavy atom. The van der Waals surface area contributed by atoms with Gasteiger partial charge < -0.3 is 55.0 Å². The zero-order chi connectivity index (χ0) is 46.8. The van der Waals surface area contributed by atoms with Crippen molar-refractivity contribution in [3.8, 4) is 0 Å². The molecule has 4 aliphatic heterocycles. The molecule has 0 aliphatic carbocycles. The highest BCUT2D eigenvalue weighted by Crippen LogP contribution is 2.41. The Bertz CT molecular complexity index is 2160. The minimum absolute atomic E-state index is 0.0142. The summed E-state index contributed by atoms with van der Waals surface area (Å²) in [6, 6.07) is -1.73. The van der Waals surface area contributed by atoms with Gasteiger partial charge in [0.15, 0.2) is 0 Å². The fraction of sp³-hybridized carbons (Fsp3) is 0.561. The summed E-state index contributed by atoms with van der Waals surface area (Å²) in [6.45, 7) is 7.24. The number of morpholine rings is 1. The standard InChI is InChI=1S/C41H54F2N7O13P/c1-20-10-32-40(56)62-24(5)34(47-35(51)30(14-25-12-26(42)15-27(43)13-25)46-41(57)45-28-7-6-21(2)22(3)11-28)39(55)50-18-29(63-64(58,59)60)16-31(50)38(54)48-8-9-61-19-33(48)36(52)44-23(4)37(53)49(32)17-20/h6-7,11-13,15,20,23-24,29-35,47,51H,8-10,14,16-19H2,1-5H3,(H,44,52)(H2,45,46,57)(H2,58,59,60)/t20-,23+,24+,29-,30+,31+,32+,33+,34+,35?/m1/s1. The molecule has 2 aromatic carbocycles. The number of nitrogens with zero attached hydrogens (tertiary/aromatic N) is 3. The number of hydrogen-bond acceptors (Lipinski definition) is 12. The van der Waals surface area contributed by atoms with E-state index >= 15 is 0 Å². The van der Waals surface area contributed by atoms with E-state index in [1.54, 1.807) is 25.1 Å². The normalized spacial score (nSPS) is 28.2. The number of urea groups is 1. The maximum atomic E-state index is 15.0. The predicted molar refractivity (Wildman–Crippen MR) is 221 cm³/mol. The number of hydrogen-bond donors (Lipinski definition) is 7. The molecular weight excluding hydrogens is 867 g/mol. The van der Waals surface area contributed by atoms with E-state index in [2.05, 4.69) is 21.3 Å². The number of aliphatic hydroxyl groups excluding tert-OH is 1. The zero-order valence-corrected chi connectivity index (χ0v) is 36.8. The van der Waals surface area contributed by atoms with Gasteiger partial charge in [0.1, 0.15) is 54.2 Å². The lowest BCUT2D eigenvalue weighted by Crippen LogP contribution is -2.65. The summed E-state index contributed by atoms with van der Waals surface area (Å²) in [5.41, 5.74) is 2.15. The summed E-state index contributed by atoms with van der Waals surface area (Å²) in [6.07, 6.45) is -5.73. The van der Waals surface area contributed by atoms with Crippen LogP contribution >= 0.6 is 7.82 Å². The lowest BCUT2D eigenvalue weighted by atomic mass is 10.0. The number of amides is 6. The molecule has 4 aliphatic rings. The number of phosphoric acid groups is 1. The van der Waals surface area contributed by atoms with E-state index in [1.165, 1.54) is 18.7 Å². The van der Waals surface area contributed by atoms with Crippen LogP contribution in [0.5, 0.6) is 0 Å². The molecule has 6 amide bonds. The Morgan fingerprint density at radius 1 is 0.906 bits per heavy atom. The molecule has 7 N–H and O–H groups in total. The number of aryl methyl sites for hydroxylation is 2. The van der Waals surface area contributed by atoms with E-state index in [1.807, 2.05) is 13.8 Å². The number of carbonyl (C=O) groups excluding carboxylic acids is 6. The Morgan fingerprint density at radius 3 is 2.27 bits per heavy atom. The molecule has 0 radical (unpaired) electrons. The third kappa shape index (κ3) is 11.6. The molecule has 20 nitrogen and oxygen atoms in total. The monoisotopic (exact) mass is 921 g/mol. The molecule has 0 spiro atoms. The minimum Gasteiger partial charge on any atom is -0.459 e. The maximum Gasteiger partial charge on any atom is 0.469 e. The second-order valence-electron chi connectivity index (χ2n) is 16.9. The van der Waals surface area contributed by atoms with Crippen LogP contribution in [0.3, 0.4) is 0 Å². The van der Waals surface area contributed by atoms with Crippen LogP contribution in [0.2, 0.25) is 0 Å². The van der Waals surface area contributed by atoms with Crippen molar-refractivity contribution in [3.63, 3.8) is 0 Å².